The van der Waals surface area contributed by atoms with Gasteiger partial charge in [0.1, 0.15) is 0 Å². The highest BCUT2D eigenvalue weighted by Gasteiger charge is 2.14. The summed E-state index contributed by atoms with van der Waals surface area (Å²) in [5, 5.41) is 10.5. The second kappa shape index (κ2) is 10.5. The Morgan fingerprint density at radius 1 is 1.19 bits per heavy atom. The average Bonchev–Trinajstić information content (AvgIpc) is 3.10. The first-order chi connectivity index (χ1) is 12.9. The van der Waals surface area contributed by atoms with E-state index < -0.39 is 0 Å². The molecule has 148 valence electrons. The summed E-state index contributed by atoms with van der Waals surface area (Å²) in [6, 6.07) is 8.20. The molecule has 6 nitrogen and oxygen atoms in total. The molecule has 8 heteroatoms. The van der Waals surface area contributed by atoms with Crippen molar-refractivity contribution in [3.8, 4) is 0 Å². The minimum atomic E-state index is 0.214. The average molecular weight is 409 g/mol. The van der Waals surface area contributed by atoms with Gasteiger partial charge < -0.3 is 20.4 Å². The van der Waals surface area contributed by atoms with Crippen LogP contribution in [0.2, 0.25) is 5.02 Å². The predicted octanol–water partition coefficient (Wildman–Crippen LogP) is 3.22. The van der Waals surface area contributed by atoms with E-state index in [1.54, 1.807) is 11.3 Å². The fraction of sp³-hybridized carbons (Fsp3) is 0.474. The molecule has 0 saturated carbocycles. The number of halogens is 1. The molecule has 0 fully saturated rings. The maximum atomic E-state index is 6.02. The van der Waals surface area contributed by atoms with Crippen molar-refractivity contribution in [1.29, 1.82) is 0 Å². The zero-order valence-corrected chi connectivity index (χ0v) is 18.2. The van der Waals surface area contributed by atoms with Crippen molar-refractivity contribution in [3.05, 3.63) is 45.9 Å². The number of hydrogen-bond acceptors (Lipinski definition) is 5. The Morgan fingerprint density at radius 2 is 1.89 bits per heavy atom. The third-order valence-corrected chi connectivity index (χ3v) is 5.32. The van der Waals surface area contributed by atoms with Crippen molar-refractivity contribution < 1.29 is 0 Å². The van der Waals surface area contributed by atoms with Gasteiger partial charge in [0.2, 0.25) is 0 Å². The number of rotatable bonds is 8. The Labute approximate surface area is 171 Å². The first-order valence-corrected chi connectivity index (χ1v) is 10.2. The van der Waals surface area contributed by atoms with E-state index in [-0.39, 0.29) is 6.04 Å². The summed E-state index contributed by atoms with van der Waals surface area (Å²) in [5.74, 6) is 0.790. The van der Waals surface area contributed by atoms with Gasteiger partial charge in [-0.2, -0.15) is 0 Å². The van der Waals surface area contributed by atoms with Crippen LogP contribution in [-0.2, 0) is 6.54 Å². The Balaban J connectivity index is 2.03. The van der Waals surface area contributed by atoms with Crippen LogP contribution < -0.4 is 15.5 Å². The largest absolute Gasteiger partial charge is 0.357 e. The van der Waals surface area contributed by atoms with Crippen LogP contribution in [0, 0.1) is 0 Å². The van der Waals surface area contributed by atoms with Crippen molar-refractivity contribution >= 4 is 34.0 Å². The minimum Gasteiger partial charge on any atom is -0.357 e. The van der Waals surface area contributed by atoms with E-state index in [1.165, 1.54) is 5.56 Å². The predicted molar refractivity (Wildman–Crippen MR) is 117 cm³/mol. The molecule has 0 saturated heterocycles. The fourth-order valence-corrected chi connectivity index (χ4v) is 3.43. The zero-order chi connectivity index (χ0) is 19.8. The Hall–Kier alpha value is -1.83. The van der Waals surface area contributed by atoms with Crippen molar-refractivity contribution in [2.45, 2.75) is 19.5 Å². The van der Waals surface area contributed by atoms with Crippen LogP contribution in [0.1, 0.15) is 24.2 Å². The highest BCUT2D eigenvalue weighted by molar-refractivity contribution is 7.13. The van der Waals surface area contributed by atoms with Crippen LogP contribution in [0.3, 0.4) is 0 Å². The van der Waals surface area contributed by atoms with Gasteiger partial charge in [-0.3, -0.25) is 0 Å². The second-order valence-corrected chi connectivity index (χ2v) is 7.90. The number of anilines is 1. The second-order valence-electron chi connectivity index (χ2n) is 6.62. The summed E-state index contributed by atoms with van der Waals surface area (Å²) in [6.45, 7) is 4.15. The first kappa shape index (κ1) is 21.5. The molecule has 1 atom stereocenters. The molecule has 1 heterocycles. The highest BCUT2D eigenvalue weighted by atomic mass is 35.5. The van der Waals surface area contributed by atoms with Gasteiger partial charge in [0.15, 0.2) is 11.1 Å². The van der Waals surface area contributed by atoms with Gasteiger partial charge in [-0.15, -0.1) is 11.3 Å². The molecular formula is C19H29ClN6S. The zero-order valence-electron chi connectivity index (χ0n) is 16.7. The number of hydrogen-bond donors (Lipinski definition) is 2. The molecule has 1 aromatic heterocycles. The number of likely N-dealkylation sites (N-methyl/N-ethyl adjacent to an activating group) is 1. The summed E-state index contributed by atoms with van der Waals surface area (Å²) in [6.07, 6.45) is 0. The molecule has 2 rings (SSSR count). The summed E-state index contributed by atoms with van der Waals surface area (Å²) < 4.78 is 0. The number of nitrogens with zero attached hydrogens (tertiary/aromatic N) is 4. The van der Waals surface area contributed by atoms with Crippen molar-refractivity contribution in [1.82, 2.24) is 20.5 Å². The molecule has 0 spiro atoms. The first-order valence-electron chi connectivity index (χ1n) is 8.96. The number of nitrogens with one attached hydrogen (secondary N) is 2. The van der Waals surface area contributed by atoms with Gasteiger partial charge in [-0.1, -0.05) is 23.7 Å². The molecule has 0 aliphatic rings. The lowest BCUT2D eigenvalue weighted by Gasteiger charge is -2.26. The lowest BCUT2D eigenvalue weighted by molar-refractivity contribution is 0.298. The summed E-state index contributed by atoms with van der Waals surface area (Å²) >= 11 is 7.65. The van der Waals surface area contributed by atoms with Crippen molar-refractivity contribution in [2.24, 2.45) is 4.99 Å². The third kappa shape index (κ3) is 6.68. The third-order valence-electron chi connectivity index (χ3n) is 4.01. The van der Waals surface area contributed by atoms with E-state index in [1.807, 2.05) is 31.1 Å². The minimum absolute atomic E-state index is 0.214. The maximum absolute atomic E-state index is 6.02. The van der Waals surface area contributed by atoms with Crippen LogP contribution in [0.25, 0.3) is 0 Å². The van der Waals surface area contributed by atoms with Gasteiger partial charge in [-0.05, 0) is 38.7 Å². The standard InChI is InChI=1S/C19H29ClN6S/c1-6-21-18(22-11-16-13-27-19(24-16)26(4)5)23-12-17(25(2)3)14-7-9-15(20)10-8-14/h7-10,13,17H,6,11-12H2,1-5H3,(H2,21,22,23). The van der Waals surface area contributed by atoms with Gasteiger partial charge >= 0.3 is 0 Å². The van der Waals surface area contributed by atoms with Crippen LogP contribution in [0.4, 0.5) is 5.13 Å². The maximum Gasteiger partial charge on any atom is 0.191 e. The number of guanidine groups is 1. The number of benzene rings is 1. The Bertz CT molecular complexity index is 726. The molecule has 0 radical (unpaired) electrons. The van der Waals surface area contributed by atoms with E-state index in [0.717, 1.165) is 34.9 Å². The Kier molecular flexibility index (Phi) is 8.34. The molecule has 2 N–H and O–H groups in total. The smallest absolute Gasteiger partial charge is 0.191 e. The van der Waals surface area contributed by atoms with Crippen LogP contribution in [-0.4, -0.2) is 57.1 Å². The van der Waals surface area contributed by atoms with E-state index in [9.17, 15) is 0 Å². The topological polar surface area (TPSA) is 55.8 Å². The molecule has 0 bridgehead atoms. The van der Waals surface area contributed by atoms with Crippen LogP contribution >= 0.6 is 22.9 Å². The lowest BCUT2D eigenvalue weighted by Crippen LogP contribution is -2.41. The molecule has 0 amide bonds. The molecule has 27 heavy (non-hydrogen) atoms. The van der Waals surface area contributed by atoms with Crippen LogP contribution in [0.5, 0.6) is 0 Å². The van der Waals surface area contributed by atoms with Crippen molar-refractivity contribution in [2.75, 3.05) is 46.2 Å². The van der Waals surface area contributed by atoms with Gasteiger partial charge in [0.25, 0.3) is 0 Å². The molecule has 1 unspecified atom stereocenters. The van der Waals surface area contributed by atoms with Gasteiger partial charge in [0.05, 0.1) is 18.3 Å². The highest BCUT2D eigenvalue weighted by Crippen LogP contribution is 2.20. The molecule has 1 aromatic carbocycles. The summed E-state index contributed by atoms with van der Waals surface area (Å²) in [4.78, 5) is 13.5. The quantitative estimate of drug-likeness (QED) is 0.518. The number of aliphatic imine (C=N–C) groups is 1. The van der Waals surface area contributed by atoms with E-state index in [2.05, 4.69) is 64.0 Å². The number of aromatic nitrogens is 1. The Morgan fingerprint density at radius 3 is 2.44 bits per heavy atom. The van der Waals surface area contributed by atoms with Gasteiger partial charge in [-0.25, -0.2) is 9.98 Å². The molecule has 2 aromatic rings. The van der Waals surface area contributed by atoms with E-state index in [0.29, 0.717) is 6.54 Å². The van der Waals surface area contributed by atoms with Crippen molar-refractivity contribution in [3.63, 3.8) is 0 Å². The summed E-state index contributed by atoms with van der Waals surface area (Å²) in [5.41, 5.74) is 2.19. The number of thiazole rings is 1. The van der Waals surface area contributed by atoms with Gasteiger partial charge in [0, 0.05) is 37.6 Å². The normalized spacial score (nSPS) is 12.9. The fourth-order valence-electron chi connectivity index (χ4n) is 2.55. The lowest BCUT2D eigenvalue weighted by atomic mass is 10.1. The van der Waals surface area contributed by atoms with E-state index >= 15 is 0 Å². The summed E-state index contributed by atoms with van der Waals surface area (Å²) in [7, 11) is 8.14. The monoisotopic (exact) mass is 408 g/mol. The van der Waals surface area contributed by atoms with Crippen LogP contribution in [0.15, 0.2) is 34.6 Å². The molecular weight excluding hydrogens is 380 g/mol. The molecule has 0 aliphatic heterocycles. The van der Waals surface area contributed by atoms with E-state index in [4.69, 9.17) is 11.6 Å². The SMILES string of the molecule is CCNC(=NCc1csc(N(C)C)n1)NCC(c1ccc(Cl)cc1)N(C)C. The molecule has 0 aliphatic carbocycles.